The molecule has 6 nitrogen and oxygen atoms in total. The van der Waals surface area contributed by atoms with Crippen LogP contribution in [0.25, 0.3) is 0 Å². The van der Waals surface area contributed by atoms with Gasteiger partial charge in [0.1, 0.15) is 11.6 Å². The number of halogens is 1. The van der Waals surface area contributed by atoms with Gasteiger partial charge in [-0.15, -0.1) is 0 Å². The van der Waals surface area contributed by atoms with Gasteiger partial charge >= 0.3 is 0 Å². The number of benzene rings is 1. The maximum atomic E-state index is 12.3. The Kier molecular flexibility index (Phi) is 6.62. The van der Waals surface area contributed by atoms with E-state index in [0.29, 0.717) is 30.3 Å². The van der Waals surface area contributed by atoms with Gasteiger partial charge in [-0.25, -0.2) is 0 Å². The molecule has 0 aliphatic carbocycles. The van der Waals surface area contributed by atoms with Crippen LogP contribution in [0.5, 0.6) is 0 Å². The second kappa shape index (κ2) is 8.69. The van der Waals surface area contributed by atoms with Crippen molar-refractivity contribution in [2.24, 2.45) is 0 Å². The van der Waals surface area contributed by atoms with Gasteiger partial charge in [0.2, 0.25) is 0 Å². The predicted molar refractivity (Wildman–Crippen MR) is 93.6 cm³/mol. The predicted octanol–water partition coefficient (Wildman–Crippen LogP) is 1.60. The van der Waals surface area contributed by atoms with Crippen LogP contribution in [-0.4, -0.2) is 60.1 Å². The SMILES string of the molecule is Cc1ccc(Cl)cc1NC(=O)/C(C#N)=C\N1CCN(CCO)CC1. The van der Waals surface area contributed by atoms with Crippen molar-refractivity contribution in [3.05, 3.63) is 40.6 Å². The minimum absolute atomic E-state index is 0.0602. The smallest absolute Gasteiger partial charge is 0.267 e. The third-order valence-electron chi connectivity index (χ3n) is 3.95. The Morgan fingerprint density at radius 3 is 2.75 bits per heavy atom. The van der Waals surface area contributed by atoms with Crippen molar-refractivity contribution in [3.63, 3.8) is 0 Å². The van der Waals surface area contributed by atoms with Crippen LogP contribution in [0.3, 0.4) is 0 Å². The molecule has 0 unspecified atom stereocenters. The number of aryl methyl sites for hydroxylation is 1. The van der Waals surface area contributed by atoms with Crippen molar-refractivity contribution in [2.75, 3.05) is 44.6 Å². The highest BCUT2D eigenvalue weighted by molar-refractivity contribution is 6.31. The summed E-state index contributed by atoms with van der Waals surface area (Å²) in [6, 6.07) is 7.19. The average Bonchev–Trinajstić information content (AvgIpc) is 2.57. The molecule has 1 fully saturated rings. The first-order valence-corrected chi connectivity index (χ1v) is 8.18. The number of anilines is 1. The zero-order chi connectivity index (χ0) is 17.5. The van der Waals surface area contributed by atoms with E-state index in [-0.39, 0.29) is 12.2 Å². The number of aliphatic hydroxyl groups excluding tert-OH is 1. The van der Waals surface area contributed by atoms with Crippen molar-refractivity contribution in [3.8, 4) is 6.07 Å². The molecule has 0 spiro atoms. The van der Waals surface area contributed by atoms with Gasteiger partial charge in [0.05, 0.1) is 6.61 Å². The maximum absolute atomic E-state index is 12.3. The lowest BCUT2D eigenvalue weighted by Crippen LogP contribution is -2.45. The molecule has 128 valence electrons. The van der Waals surface area contributed by atoms with Gasteiger partial charge in [0, 0.05) is 49.6 Å². The first-order valence-electron chi connectivity index (χ1n) is 7.80. The number of hydrogen-bond acceptors (Lipinski definition) is 5. The molecule has 0 bridgehead atoms. The van der Waals surface area contributed by atoms with E-state index in [1.54, 1.807) is 18.3 Å². The Hall–Kier alpha value is -2.07. The second-order valence-corrected chi connectivity index (χ2v) is 6.11. The lowest BCUT2D eigenvalue weighted by molar-refractivity contribution is -0.112. The summed E-state index contributed by atoms with van der Waals surface area (Å²) in [6.45, 7) is 5.68. The summed E-state index contributed by atoms with van der Waals surface area (Å²) >= 11 is 5.95. The fourth-order valence-electron chi connectivity index (χ4n) is 2.50. The minimum Gasteiger partial charge on any atom is -0.395 e. The Morgan fingerprint density at radius 2 is 2.12 bits per heavy atom. The first kappa shape index (κ1) is 18.3. The molecule has 0 saturated carbocycles. The van der Waals surface area contributed by atoms with Crippen LogP contribution >= 0.6 is 11.6 Å². The molecule has 1 heterocycles. The molecule has 0 aromatic heterocycles. The summed E-state index contributed by atoms with van der Waals surface area (Å²) in [4.78, 5) is 16.4. The third-order valence-corrected chi connectivity index (χ3v) is 4.18. The van der Waals surface area contributed by atoms with Crippen molar-refractivity contribution in [1.29, 1.82) is 5.26 Å². The Bertz CT molecular complexity index is 661. The topological polar surface area (TPSA) is 79.6 Å². The number of carbonyl (C=O) groups is 1. The van der Waals surface area contributed by atoms with Gasteiger partial charge in [-0.2, -0.15) is 5.26 Å². The molecular weight excluding hydrogens is 328 g/mol. The molecule has 1 aromatic carbocycles. The largest absolute Gasteiger partial charge is 0.395 e. The summed E-state index contributed by atoms with van der Waals surface area (Å²) in [7, 11) is 0. The number of piperazine rings is 1. The van der Waals surface area contributed by atoms with Crippen LogP contribution in [0.4, 0.5) is 5.69 Å². The van der Waals surface area contributed by atoms with E-state index in [2.05, 4.69) is 10.2 Å². The fraction of sp³-hybridized carbons (Fsp3) is 0.412. The molecule has 1 saturated heterocycles. The summed E-state index contributed by atoms with van der Waals surface area (Å²) in [5, 5.41) is 21.5. The average molecular weight is 349 g/mol. The van der Waals surface area contributed by atoms with E-state index in [1.807, 2.05) is 24.0 Å². The van der Waals surface area contributed by atoms with Crippen LogP contribution < -0.4 is 5.32 Å². The number of nitriles is 1. The van der Waals surface area contributed by atoms with E-state index < -0.39 is 5.91 Å². The number of hydrogen-bond donors (Lipinski definition) is 2. The van der Waals surface area contributed by atoms with Crippen molar-refractivity contribution in [2.45, 2.75) is 6.92 Å². The van der Waals surface area contributed by atoms with Crippen LogP contribution in [0.2, 0.25) is 5.02 Å². The highest BCUT2D eigenvalue weighted by Crippen LogP contribution is 2.20. The van der Waals surface area contributed by atoms with Gasteiger partial charge in [-0.1, -0.05) is 17.7 Å². The van der Waals surface area contributed by atoms with Gasteiger partial charge in [0.25, 0.3) is 5.91 Å². The number of amides is 1. The lowest BCUT2D eigenvalue weighted by atomic mass is 10.2. The van der Waals surface area contributed by atoms with Crippen molar-refractivity contribution in [1.82, 2.24) is 9.80 Å². The monoisotopic (exact) mass is 348 g/mol. The molecule has 1 aliphatic heterocycles. The molecule has 0 radical (unpaired) electrons. The van der Waals surface area contributed by atoms with Crippen LogP contribution in [-0.2, 0) is 4.79 Å². The van der Waals surface area contributed by atoms with Crippen molar-refractivity contribution >= 4 is 23.2 Å². The van der Waals surface area contributed by atoms with E-state index >= 15 is 0 Å². The first-order chi connectivity index (χ1) is 11.5. The van der Waals surface area contributed by atoms with E-state index in [4.69, 9.17) is 16.7 Å². The molecule has 1 amide bonds. The normalized spacial score (nSPS) is 15.9. The Labute approximate surface area is 146 Å². The van der Waals surface area contributed by atoms with Crippen molar-refractivity contribution < 1.29 is 9.90 Å². The third kappa shape index (κ3) is 4.96. The number of rotatable bonds is 5. The highest BCUT2D eigenvalue weighted by atomic mass is 35.5. The maximum Gasteiger partial charge on any atom is 0.267 e. The highest BCUT2D eigenvalue weighted by Gasteiger charge is 2.17. The number of nitrogens with one attached hydrogen (secondary N) is 1. The molecule has 0 atom stereocenters. The molecule has 2 N–H and O–H groups in total. The number of carbonyl (C=O) groups excluding carboxylic acids is 1. The number of nitrogens with zero attached hydrogens (tertiary/aromatic N) is 3. The van der Waals surface area contributed by atoms with Crippen LogP contribution in [0.1, 0.15) is 5.56 Å². The summed E-state index contributed by atoms with van der Waals surface area (Å²) < 4.78 is 0. The Balaban J connectivity index is 2.01. The van der Waals surface area contributed by atoms with Crippen LogP contribution in [0.15, 0.2) is 30.0 Å². The number of β-amino-alcohol motifs (C(OH)–C–C–N with tert-alkyl or cyclic N) is 1. The molecular formula is C17H21ClN4O2. The van der Waals surface area contributed by atoms with E-state index in [1.165, 1.54) is 0 Å². The fourth-order valence-corrected chi connectivity index (χ4v) is 2.67. The molecule has 1 aliphatic rings. The zero-order valence-electron chi connectivity index (χ0n) is 13.6. The van der Waals surface area contributed by atoms with Gasteiger partial charge in [-0.3, -0.25) is 9.69 Å². The molecule has 7 heteroatoms. The van der Waals surface area contributed by atoms with E-state index in [0.717, 1.165) is 18.7 Å². The lowest BCUT2D eigenvalue weighted by Gasteiger charge is -2.33. The molecule has 2 rings (SSSR count). The quantitative estimate of drug-likeness (QED) is 0.624. The van der Waals surface area contributed by atoms with Gasteiger partial charge in [0.15, 0.2) is 0 Å². The summed E-state index contributed by atoms with van der Waals surface area (Å²) in [6.07, 6.45) is 1.60. The summed E-state index contributed by atoms with van der Waals surface area (Å²) in [5.41, 5.74) is 1.54. The van der Waals surface area contributed by atoms with Gasteiger partial charge < -0.3 is 15.3 Å². The van der Waals surface area contributed by atoms with Gasteiger partial charge in [-0.05, 0) is 24.6 Å². The standard InChI is InChI=1S/C17H21ClN4O2/c1-13-2-3-15(18)10-16(13)20-17(24)14(11-19)12-22-6-4-21(5-7-22)8-9-23/h2-3,10,12,23H,4-9H2,1H3,(H,20,24)/b14-12-. The summed E-state index contributed by atoms with van der Waals surface area (Å²) in [5.74, 6) is -0.444. The molecule has 1 aromatic rings. The van der Waals surface area contributed by atoms with E-state index in [9.17, 15) is 10.1 Å². The zero-order valence-corrected chi connectivity index (χ0v) is 14.4. The Morgan fingerprint density at radius 1 is 1.42 bits per heavy atom. The second-order valence-electron chi connectivity index (χ2n) is 5.67. The number of aliphatic hydroxyl groups is 1. The minimum atomic E-state index is -0.444. The molecule has 24 heavy (non-hydrogen) atoms. The van der Waals surface area contributed by atoms with Crippen LogP contribution in [0, 0.1) is 18.3 Å².